The molecule has 0 saturated carbocycles. The van der Waals surface area contributed by atoms with Gasteiger partial charge in [0, 0.05) is 29.6 Å². The van der Waals surface area contributed by atoms with E-state index < -0.39 is 5.97 Å². The van der Waals surface area contributed by atoms with Crippen LogP contribution in [0.15, 0.2) is 91.1 Å². The first-order valence-corrected chi connectivity index (χ1v) is 9.13. The summed E-state index contributed by atoms with van der Waals surface area (Å²) in [5.41, 5.74) is 4.73. The first-order chi connectivity index (χ1) is 13.2. The number of hydrogen-bond donors (Lipinski definition) is 1. The molecular formula is C24H21NO2. The molecular weight excluding hydrogens is 334 g/mol. The fourth-order valence-corrected chi connectivity index (χ4v) is 3.75. The van der Waals surface area contributed by atoms with Gasteiger partial charge in [0.25, 0.3) is 0 Å². The molecule has 27 heavy (non-hydrogen) atoms. The van der Waals surface area contributed by atoms with Gasteiger partial charge in [-0.2, -0.15) is 0 Å². The Morgan fingerprint density at radius 1 is 0.815 bits per heavy atom. The molecule has 0 spiro atoms. The Morgan fingerprint density at radius 3 is 1.96 bits per heavy atom. The van der Waals surface area contributed by atoms with Crippen LogP contribution >= 0.6 is 0 Å². The molecule has 1 heterocycles. The van der Waals surface area contributed by atoms with E-state index >= 15 is 0 Å². The van der Waals surface area contributed by atoms with Crippen LogP contribution in [0.1, 0.15) is 29.0 Å². The van der Waals surface area contributed by atoms with E-state index in [4.69, 9.17) is 5.11 Å². The smallest absolute Gasteiger partial charge is 0.305 e. The van der Waals surface area contributed by atoms with Gasteiger partial charge in [-0.05, 0) is 22.8 Å². The highest BCUT2D eigenvalue weighted by molar-refractivity contribution is 5.86. The number of aromatic nitrogens is 1. The van der Waals surface area contributed by atoms with E-state index in [0.29, 0.717) is 6.54 Å². The summed E-state index contributed by atoms with van der Waals surface area (Å²) < 4.78 is 2.07. The highest BCUT2D eigenvalue weighted by Crippen LogP contribution is 2.37. The molecule has 0 aliphatic heterocycles. The summed E-state index contributed by atoms with van der Waals surface area (Å²) >= 11 is 0. The van der Waals surface area contributed by atoms with Crippen LogP contribution in [0.5, 0.6) is 0 Å². The third-order valence-electron chi connectivity index (χ3n) is 4.96. The minimum atomic E-state index is -0.781. The number of carboxylic acids is 1. The van der Waals surface area contributed by atoms with Gasteiger partial charge in [0.2, 0.25) is 0 Å². The van der Waals surface area contributed by atoms with E-state index in [-0.39, 0.29) is 12.3 Å². The van der Waals surface area contributed by atoms with Crippen molar-refractivity contribution in [1.29, 1.82) is 0 Å². The number of fused-ring (bicyclic) bond motifs is 1. The van der Waals surface area contributed by atoms with Crippen LogP contribution in [-0.4, -0.2) is 15.6 Å². The van der Waals surface area contributed by atoms with Gasteiger partial charge in [-0.25, -0.2) is 0 Å². The van der Waals surface area contributed by atoms with Crippen molar-refractivity contribution in [2.75, 3.05) is 0 Å². The van der Waals surface area contributed by atoms with E-state index in [9.17, 15) is 4.79 Å². The van der Waals surface area contributed by atoms with Crippen LogP contribution in [0.3, 0.4) is 0 Å². The Morgan fingerprint density at radius 2 is 1.37 bits per heavy atom. The summed E-state index contributed by atoms with van der Waals surface area (Å²) in [5.74, 6) is -0.680. The van der Waals surface area contributed by atoms with Gasteiger partial charge >= 0.3 is 5.97 Å². The summed E-state index contributed by atoms with van der Waals surface area (Å²) in [6, 6.07) is 29.2. The van der Waals surface area contributed by atoms with Gasteiger partial charge in [-0.15, -0.1) is 0 Å². The normalized spacial score (nSPS) is 11.1. The molecule has 0 saturated heterocycles. The molecule has 4 rings (SSSR count). The summed E-state index contributed by atoms with van der Waals surface area (Å²) in [6.45, 7) is 0.464. The standard InChI is InChI=1S/C24H21NO2/c26-23(27)15-16-25-17-21(20-13-7-8-14-22(20)25)24(18-9-3-1-4-10-18)19-11-5-2-6-12-19/h1-14,17,24H,15-16H2,(H,26,27). The van der Waals surface area contributed by atoms with Crippen LogP contribution in [0.25, 0.3) is 10.9 Å². The number of carboxylic acid groups (broad SMARTS) is 1. The van der Waals surface area contributed by atoms with Crippen molar-refractivity contribution >= 4 is 16.9 Å². The van der Waals surface area contributed by atoms with Gasteiger partial charge in [-0.3, -0.25) is 4.79 Å². The van der Waals surface area contributed by atoms with E-state index in [1.165, 1.54) is 22.1 Å². The number of para-hydroxylation sites is 1. The number of carbonyl (C=O) groups is 1. The molecule has 3 aromatic carbocycles. The van der Waals surface area contributed by atoms with Crippen LogP contribution in [0.2, 0.25) is 0 Å². The van der Waals surface area contributed by atoms with Crippen LogP contribution in [-0.2, 0) is 11.3 Å². The van der Waals surface area contributed by atoms with Gasteiger partial charge in [0.1, 0.15) is 0 Å². The van der Waals surface area contributed by atoms with Crippen molar-refractivity contribution in [2.45, 2.75) is 18.9 Å². The van der Waals surface area contributed by atoms with Crippen LogP contribution < -0.4 is 0 Å². The minimum absolute atomic E-state index is 0.100. The molecule has 4 aromatic rings. The number of benzene rings is 3. The van der Waals surface area contributed by atoms with Crippen molar-refractivity contribution < 1.29 is 9.90 Å². The van der Waals surface area contributed by atoms with Crippen LogP contribution in [0, 0.1) is 0 Å². The van der Waals surface area contributed by atoms with E-state index in [1.54, 1.807) is 0 Å². The lowest BCUT2D eigenvalue weighted by Gasteiger charge is -2.18. The Hall–Kier alpha value is -3.33. The quantitative estimate of drug-likeness (QED) is 0.510. The molecule has 0 bridgehead atoms. The van der Waals surface area contributed by atoms with E-state index in [1.807, 2.05) is 24.3 Å². The molecule has 134 valence electrons. The van der Waals surface area contributed by atoms with Crippen molar-refractivity contribution in [3.63, 3.8) is 0 Å². The predicted molar refractivity (Wildman–Crippen MR) is 108 cm³/mol. The fourth-order valence-electron chi connectivity index (χ4n) is 3.75. The maximum atomic E-state index is 11.1. The monoisotopic (exact) mass is 355 g/mol. The Bertz CT molecular complexity index is 1010. The largest absolute Gasteiger partial charge is 0.481 e. The zero-order valence-electron chi connectivity index (χ0n) is 15.0. The first kappa shape index (κ1) is 17.1. The second-order valence-electron chi connectivity index (χ2n) is 6.69. The lowest BCUT2D eigenvalue weighted by molar-refractivity contribution is -0.137. The summed E-state index contributed by atoms with van der Waals surface area (Å²) in [5, 5.41) is 10.3. The number of aliphatic carboxylic acids is 1. The molecule has 0 aliphatic rings. The zero-order chi connectivity index (χ0) is 18.6. The molecule has 0 aliphatic carbocycles. The van der Waals surface area contributed by atoms with Gasteiger partial charge < -0.3 is 9.67 Å². The Kier molecular flexibility index (Phi) is 4.75. The van der Waals surface area contributed by atoms with Gasteiger partial charge in [0.05, 0.1) is 6.42 Å². The van der Waals surface area contributed by atoms with E-state index in [2.05, 4.69) is 71.4 Å². The minimum Gasteiger partial charge on any atom is -0.481 e. The highest BCUT2D eigenvalue weighted by Gasteiger charge is 2.21. The maximum Gasteiger partial charge on any atom is 0.305 e. The van der Waals surface area contributed by atoms with Crippen molar-refractivity contribution in [3.05, 3.63) is 108 Å². The number of rotatable bonds is 6. The summed E-state index contributed by atoms with van der Waals surface area (Å²) in [4.78, 5) is 11.1. The molecule has 0 unspecified atom stereocenters. The predicted octanol–water partition coefficient (Wildman–Crippen LogP) is 5.30. The average Bonchev–Trinajstić information content (AvgIpc) is 3.07. The van der Waals surface area contributed by atoms with Gasteiger partial charge in [-0.1, -0.05) is 78.9 Å². The molecule has 0 amide bonds. The average molecular weight is 355 g/mol. The third-order valence-corrected chi connectivity index (χ3v) is 4.96. The topological polar surface area (TPSA) is 42.2 Å². The lowest BCUT2D eigenvalue weighted by Crippen LogP contribution is -2.04. The summed E-state index contributed by atoms with van der Waals surface area (Å²) in [7, 11) is 0. The highest BCUT2D eigenvalue weighted by atomic mass is 16.4. The van der Waals surface area contributed by atoms with Crippen molar-refractivity contribution in [3.8, 4) is 0 Å². The first-order valence-electron chi connectivity index (χ1n) is 9.13. The lowest BCUT2D eigenvalue weighted by atomic mass is 9.85. The van der Waals surface area contributed by atoms with Crippen molar-refractivity contribution in [1.82, 2.24) is 4.57 Å². The summed E-state index contributed by atoms with van der Waals surface area (Å²) in [6.07, 6.45) is 2.23. The third kappa shape index (κ3) is 3.49. The molecule has 0 fully saturated rings. The number of hydrogen-bond acceptors (Lipinski definition) is 1. The van der Waals surface area contributed by atoms with E-state index in [0.717, 1.165) is 5.52 Å². The number of aryl methyl sites for hydroxylation is 1. The van der Waals surface area contributed by atoms with Crippen molar-refractivity contribution in [2.24, 2.45) is 0 Å². The molecule has 1 N–H and O–H groups in total. The molecule has 3 nitrogen and oxygen atoms in total. The second-order valence-corrected chi connectivity index (χ2v) is 6.69. The van der Waals surface area contributed by atoms with Crippen LogP contribution in [0.4, 0.5) is 0 Å². The maximum absolute atomic E-state index is 11.1. The Labute approximate surface area is 158 Å². The number of nitrogens with zero attached hydrogens (tertiary/aromatic N) is 1. The van der Waals surface area contributed by atoms with Gasteiger partial charge in [0.15, 0.2) is 0 Å². The Balaban J connectivity index is 1.90. The second kappa shape index (κ2) is 7.50. The molecule has 0 radical (unpaired) electrons. The SMILES string of the molecule is O=C(O)CCn1cc(C(c2ccccc2)c2ccccc2)c2ccccc21. The fraction of sp³-hybridized carbons (Fsp3) is 0.125. The molecule has 1 aromatic heterocycles. The molecule has 0 atom stereocenters. The zero-order valence-corrected chi connectivity index (χ0v) is 15.0. The molecule has 3 heteroatoms.